The van der Waals surface area contributed by atoms with E-state index in [9.17, 15) is 0 Å². The lowest BCUT2D eigenvalue weighted by atomic mass is 10.1. The average Bonchev–Trinajstić information content (AvgIpc) is 2.68. The summed E-state index contributed by atoms with van der Waals surface area (Å²) < 4.78 is 0. The molecule has 1 aliphatic carbocycles. The summed E-state index contributed by atoms with van der Waals surface area (Å²) >= 11 is 0. The van der Waals surface area contributed by atoms with Crippen molar-refractivity contribution >= 4 is 0 Å². The standard InChI is InChI=1S/C15H25N3/c1-18(15-6-4-2-3-5-7-15)12-13-8-9-17-14(10-13)11-16/h8-10,15H,2-7,11-12,16H2,1H3. The van der Waals surface area contributed by atoms with Crippen LogP contribution in [0.15, 0.2) is 18.3 Å². The molecule has 0 bridgehead atoms. The maximum atomic E-state index is 5.64. The van der Waals surface area contributed by atoms with Crippen LogP contribution in [0.4, 0.5) is 0 Å². The summed E-state index contributed by atoms with van der Waals surface area (Å²) in [6.45, 7) is 1.54. The lowest BCUT2D eigenvalue weighted by Crippen LogP contribution is -2.30. The smallest absolute Gasteiger partial charge is 0.0542 e. The second kappa shape index (κ2) is 6.86. The summed E-state index contributed by atoms with van der Waals surface area (Å²) in [4.78, 5) is 6.75. The lowest BCUT2D eigenvalue weighted by molar-refractivity contribution is 0.213. The molecule has 0 spiro atoms. The zero-order chi connectivity index (χ0) is 12.8. The van der Waals surface area contributed by atoms with Crippen molar-refractivity contribution in [2.45, 2.75) is 57.7 Å². The second-order valence-corrected chi connectivity index (χ2v) is 5.42. The first-order valence-corrected chi connectivity index (χ1v) is 7.13. The molecule has 0 aliphatic heterocycles. The Morgan fingerprint density at radius 1 is 1.28 bits per heavy atom. The molecule has 0 amide bonds. The minimum atomic E-state index is 0.529. The van der Waals surface area contributed by atoms with Gasteiger partial charge in [0.25, 0.3) is 0 Å². The Morgan fingerprint density at radius 2 is 2.00 bits per heavy atom. The molecule has 0 radical (unpaired) electrons. The van der Waals surface area contributed by atoms with Gasteiger partial charge in [-0.25, -0.2) is 0 Å². The number of nitrogens with zero attached hydrogens (tertiary/aromatic N) is 2. The Kier molecular flexibility index (Phi) is 5.14. The van der Waals surface area contributed by atoms with E-state index in [0.29, 0.717) is 6.54 Å². The highest BCUT2D eigenvalue weighted by Crippen LogP contribution is 2.22. The van der Waals surface area contributed by atoms with E-state index in [1.165, 1.54) is 44.1 Å². The molecule has 1 aliphatic rings. The van der Waals surface area contributed by atoms with Crippen LogP contribution in [0.2, 0.25) is 0 Å². The monoisotopic (exact) mass is 247 g/mol. The number of rotatable bonds is 4. The van der Waals surface area contributed by atoms with Crippen LogP contribution >= 0.6 is 0 Å². The topological polar surface area (TPSA) is 42.2 Å². The molecule has 0 atom stereocenters. The largest absolute Gasteiger partial charge is 0.325 e. The fourth-order valence-corrected chi connectivity index (χ4v) is 2.85. The highest BCUT2D eigenvalue weighted by Gasteiger charge is 2.16. The first-order chi connectivity index (χ1) is 8.79. The fourth-order valence-electron chi connectivity index (χ4n) is 2.85. The molecular formula is C15H25N3. The van der Waals surface area contributed by atoms with E-state index in [2.05, 4.69) is 29.1 Å². The molecule has 2 N–H and O–H groups in total. The van der Waals surface area contributed by atoms with Crippen LogP contribution in [0, 0.1) is 0 Å². The summed E-state index contributed by atoms with van der Waals surface area (Å²) in [6, 6.07) is 4.99. The molecule has 1 aromatic heterocycles. The van der Waals surface area contributed by atoms with Gasteiger partial charge in [-0.3, -0.25) is 9.88 Å². The zero-order valence-corrected chi connectivity index (χ0v) is 11.4. The number of hydrogen-bond donors (Lipinski definition) is 1. The molecule has 0 aromatic carbocycles. The molecule has 3 heteroatoms. The van der Waals surface area contributed by atoms with Crippen molar-refractivity contribution in [1.29, 1.82) is 0 Å². The van der Waals surface area contributed by atoms with E-state index in [-0.39, 0.29) is 0 Å². The molecular weight excluding hydrogens is 222 g/mol. The molecule has 1 aromatic rings. The van der Waals surface area contributed by atoms with E-state index in [4.69, 9.17) is 5.73 Å². The third-order valence-corrected chi connectivity index (χ3v) is 3.97. The molecule has 0 saturated heterocycles. The van der Waals surface area contributed by atoms with Gasteiger partial charge in [-0.05, 0) is 37.6 Å². The minimum Gasteiger partial charge on any atom is -0.325 e. The Balaban J connectivity index is 1.94. The minimum absolute atomic E-state index is 0.529. The SMILES string of the molecule is CN(Cc1ccnc(CN)c1)C1CCCCCC1. The first kappa shape index (κ1) is 13.5. The summed E-state index contributed by atoms with van der Waals surface area (Å²) in [5, 5.41) is 0. The van der Waals surface area contributed by atoms with Gasteiger partial charge in [0.2, 0.25) is 0 Å². The molecule has 18 heavy (non-hydrogen) atoms. The number of nitrogens with two attached hydrogens (primary N) is 1. The summed E-state index contributed by atoms with van der Waals surface area (Å²) in [5.41, 5.74) is 7.96. The van der Waals surface area contributed by atoms with Gasteiger partial charge in [-0.15, -0.1) is 0 Å². The lowest BCUT2D eigenvalue weighted by Gasteiger charge is -2.27. The van der Waals surface area contributed by atoms with Gasteiger partial charge in [0, 0.05) is 25.3 Å². The molecule has 2 rings (SSSR count). The highest BCUT2D eigenvalue weighted by molar-refractivity contribution is 5.16. The Labute approximate surface area is 110 Å². The van der Waals surface area contributed by atoms with Gasteiger partial charge < -0.3 is 5.73 Å². The van der Waals surface area contributed by atoms with Crippen molar-refractivity contribution in [3.05, 3.63) is 29.6 Å². The summed E-state index contributed by atoms with van der Waals surface area (Å²) in [5.74, 6) is 0. The van der Waals surface area contributed by atoms with Crippen molar-refractivity contribution in [3.8, 4) is 0 Å². The Bertz CT molecular complexity index is 357. The predicted octanol–water partition coefficient (Wildman–Crippen LogP) is 2.69. The van der Waals surface area contributed by atoms with Crippen LogP contribution in [0.1, 0.15) is 49.8 Å². The molecule has 1 saturated carbocycles. The molecule has 1 heterocycles. The van der Waals surface area contributed by atoms with E-state index < -0.39 is 0 Å². The van der Waals surface area contributed by atoms with Crippen LogP contribution in [0.5, 0.6) is 0 Å². The van der Waals surface area contributed by atoms with Crippen LogP contribution in [0.25, 0.3) is 0 Å². The van der Waals surface area contributed by atoms with E-state index in [0.717, 1.165) is 18.3 Å². The second-order valence-electron chi connectivity index (χ2n) is 5.42. The van der Waals surface area contributed by atoms with Gasteiger partial charge in [0.15, 0.2) is 0 Å². The van der Waals surface area contributed by atoms with Gasteiger partial charge in [-0.1, -0.05) is 25.7 Å². The quantitative estimate of drug-likeness (QED) is 0.832. The van der Waals surface area contributed by atoms with Crippen molar-refractivity contribution in [2.75, 3.05) is 7.05 Å². The van der Waals surface area contributed by atoms with E-state index in [1.54, 1.807) is 0 Å². The van der Waals surface area contributed by atoms with E-state index >= 15 is 0 Å². The molecule has 100 valence electrons. The molecule has 3 nitrogen and oxygen atoms in total. The number of hydrogen-bond acceptors (Lipinski definition) is 3. The van der Waals surface area contributed by atoms with Gasteiger partial charge in [-0.2, -0.15) is 0 Å². The number of pyridine rings is 1. The molecule has 1 fully saturated rings. The zero-order valence-electron chi connectivity index (χ0n) is 11.4. The average molecular weight is 247 g/mol. The van der Waals surface area contributed by atoms with Crippen molar-refractivity contribution in [3.63, 3.8) is 0 Å². The van der Waals surface area contributed by atoms with Gasteiger partial charge in [0.1, 0.15) is 0 Å². The van der Waals surface area contributed by atoms with Crippen molar-refractivity contribution in [1.82, 2.24) is 9.88 Å². The molecule has 0 unspecified atom stereocenters. The third-order valence-electron chi connectivity index (χ3n) is 3.97. The van der Waals surface area contributed by atoms with E-state index in [1.807, 2.05) is 6.20 Å². The van der Waals surface area contributed by atoms with Gasteiger partial charge in [0.05, 0.1) is 5.69 Å². The van der Waals surface area contributed by atoms with Crippen molar-refractivity contribution in [2.24, 2.45) is 5.73 Å². The maximum Gasteiger partial charge on any atom is 0.0542 e. The predicted molar refractivity (Wildman–Crippen MR) is 75.1 cm³/mol. The third kappa shape index (κ3) is 3.79. The summed E-state index contributed by atoms with van der Waals surface area (Å²) in [6.07, 6.45) is 10.2. The Hall–Kier alpha value is -0.930. The maximum absolute atomic E-state index is 5.64. The highest BCUT2D eigenvalue weighted by atomic mass is 15.1. The van der Waals surface area contributed by atoms with Crippen LogP contribution in [-0.2, 0) is 13.1 Å². The van der Waals surface area contributed by atoms with Crippen LogP contribution in [0.3, 0.4) is 0 Å². The van der Waals surface area contributed by atoms with Crippen molar-refractivity contribution < 1.29 is 0 Å². The van der Waals surface area contributed by atoms with Gasteiger partial charge >= 0.3 is 0 Å². The first-order valence-electron chi connectivity index (χ1n) is 7.13. The normalized spacial score (nSPS) is 17.9. The van der Waals surface area contributed by atoms with Crippen LogP contribution < -0.4 is 5.73 Å². The Morgan fingerprint density at radius 3 is 2.67 bits per heavy atom. The fraction of sp³-hybridized carbons (Fsp3) is 0.667. The summed E-state index contributed by atoms with van der Waals surface area (Å²) in [7, 11) is 2.25. The van der Waals surface area contributed by atoms with Crippen LogP contribution in [-0.4, -0.2) is 23.0 Å². The number of aromatic nitrogens is 1.